The van der Waals surface area contributed by atoms with E-state index in [1.165, 1.54) is 25.7 Å². The van der Waals surface area contributed by atoms with Gasteiger partial charge in [-0.3, -0.25) is 0 Å². The van der Waals surface area contributed by atoms with Crippen molar-refractivity contribution < 1.29 is 47.5 Å². The first-order chi connectivity index (χ1) is 20.9. The van der Waals surface area contributed by atoms with Crippen LogP contribution in [0.1, 0.15) is 65.2 Å². The Balaban J connectivity index is 1.44. The number of carbonyl (C=O) groups is 2. The molecule has 0 atom stereocenters. The molecule has 10 heteroatoms. The molecule has 0 amide bonds. The van der Waals surface area contributed by atoms with E-state index in [4.69, 9.17) is 37.9 Å². The summed E-state index contributed by atoms with van der Waals surface area (Å²) in [6.07, 6.45) is 12.3. The lowest BCUT2D eigenvalue weighted by atomic mass is 9.60. The van der Waals surface area contributed by atoms with Gasteiger partial charge >= 0.3 is 11.9 Å². The Labute approximate surface area is 258 Å². The molecule has 248 valence electrons. The summed E-state index contributed by atoms with van der Waals surface area (Å²) < 4.78 is 43.8. The molecule has 2 aliphatic carbocycles. The Morgan fingerprint density at radius 1 is 0.535 bits per heavy atom. The Morgan fingerprint density at radius 2 is 0.837 bits per heavy atom. The average molecular weight is 613 g/mol. The van der Waals surface area contributed by atoms with Crippen LogP contribution < -0.4 is 0 Å². The summed E-state index contributed by atoms with van der Waals surface area (Å²) in [5, 5.41) is 0. The molecule has 0 spiro atoms. The van der Waals surface area contributed by atoms with Crippen molar-refractivity contribution in [1.82, 2.24) is 0 Å². The second-order valence-corrected chi connectivity index (χ2v) is 11.7. The molecule has 43 heavy (non-hydrogen) atoms. The van der Waals surface area contributed by atoms with Crippen molar-refractivity contribution in [3.05, 3.63) is 25.3 Å². The van der Waals surface area contributed by atoms with E-state index in [1.807, 2.05) is 0 Å². The molecule has 2 aliphatic rings. The van der Waals surface area contributed by atoms with Crippen molar-refractivity contribution in [2.45, 2.75) is 77.4 Å². The van der Waals surface area contributed by atoms with Gasteiger partial charge in [-0.1, -0.05) is 27.0 Å². The van der Waals surface area contributed by atoms with Gasteiger partial charge in [0.15, 0.2) is 0 Å². The molecule has 0 N–H and O–H groups in total. The molecule has 0 aromatic heterocycles. The molecule has 0 aliphatic heterocycles. The van der Waals surface area contributed by atoms with Crippen molar-refractivity contribution in [1.29, 1.82) is 0 Å². The van der Waals surface area contributed by atoms with Crippen molar-refractivity contribution in [3.8, 4) is 0 Å². The van der Waals surface area contributed by atoms with Gasteiger partial charge in [0.25, 0.3) is 0 Å². The van der Waals surface area contributed by atoms with Crippen LogP contribution in [0.15, 0.2) is 25.3 Å². The topological polar surface area (TPSA) is 108 Å². The Hall–Kier alpha value is -1.82. The van der Waals surface area contributed by atoms with Crippen LogP contribution in [0.3, 0.4) is 0 Å². The summed E-state index contributed by atoms with van der Waals surface area (Å²) in [6, 6.07) is 0. The zero-order chi connectivity index (χ0) is 31.2. The largest absolute Gasteiger partial charge is 0.460 e. The summed E-state index contributed by atoms with van der Waals surface area (Å²) >= 11 is 0. The number of rotatable bonds is 24. The lowest BCUT2D eigenvalue weighted by Crippen LogP contribution is -2.39. The zero-order valence-electron chi connectivity index (χ0n) is 26.6. The normalized spacial score (nSPS) is 22.6. The quantitative estimate of drug-likeness (QED) is 0.0866. The summed E-state index contributed by atoms with van der Waals surface area (Å²) in [6.45, 7) is 17.0. The lowest BCUT2D eigenvalue weighted by molar-refractivity contribution is -0.140. The highest BCUT2D eigenvalue weighted by Crippen LogP contribution is 2.48. The van der Waals surface area contributed by atoms with Gasteiger partial charge in [0.1, 0.15) is 13.2 Å². The van der Waals surface area contributed by atoms with E-state index in [0.717, 1.165) is 49.7 Å². The summed E-state index contributed by atoms with van der Waals surface area (Å²) in [5.41, 5.74) is 0.330. The second-order valence-electron chi connectivity index (χ2n) is 11.7. The van der Waals surface area contributed by atoms with Crippen LogP contribution in [0.4, 0.5) is 0 Å². The van der Waals surface area contributed by atoms with Crippen molar-refractivity contribution >= 4 is 11.9 Å². The van der Waals surface area contributed by atoms with E-state index in [-0.39, 0.29) is 13.2 Å². The molecule has 2 rings (SSSR count). The molecule has 0 radical (unpaired) electrons. The Bertz CT molecular complexity index is 708. The molecular weight excluding hydrogens is 556 g/mol. The first kappa shape index (κ1) is 37.4. The van der Waals surface area contributed by atoms with Crippen LogP contribution in [-0.2, 0) is 47.5 Å². The Morgan fingerprint density at radius 3 is 1.16 bits per heavy atom. The molecule has 2 fully saturated rings. The molecule has 0 unspecified atom stereocenters. The van der Waals surface area contributed by atoms with E-state index >= 15 is 0 Å². The van der Waals surface area contributed by atoms with E-state index in [9.17, 15) is 9.59 Å². The maximum Gasteiger partial charge on any atom is 0.330 e. The van der Waals surface area contributed by atoms with E-state index in [0.29, 0.717) is 83.7 Å². The maximum absolute atomic E-state index is 10.9. The molecule has 2 saturated carbocycles. The van der Waals surface area contributed by atoms with Crippen LogP contribution >= 0.6 is 0 Å². The highest BCUT2D eigenvalue weighted by atomic mass is 16.6. The summed E-state index contributed by atoms with van der Waals surface area (Å²) in [4.78, 5) is 21.9. The lowest BCUT2D eigenvalue weighted by Gasteiger charge is -2.46. The average Bonchev–Trinajstić information content (AvgIpc) is 3.02. The van der Waals surface area contributed by atoms with Gasteiger partial charge in [0.2, 0.25) is 0 Å². The number of carbonyl (C=O) groups excluding carboxylic acids is 2. The van der Waals surface area contributed by atoms with Gasteiger partial charge in [-0.2, -0.15) is 0 Å². The molecule has 10 nitrogen and oxygen atoms in total. The third kappa shape index (κ3) is 16.2. The highest BCUT2D eigenvalue weighted by Gasteiger charge is 2.40. The smallest absolute Gasteiger partial charge is 0.330 e. The second kappa shape index (κ2) is 22.7. The molecule has 0 heterocycles. The van der Waals surface area contributed by atoms with Gasteiger partial charge in [-0.15, -0.1) is 0 Å². The van der Waals surface area contributed by atoms with Crippen LogP contribution in [-0.4, -0.2) is 103 Å². The summed E-state index contributed by atoms with van der Waals surface area (Å²) in [5.74, 6) is 0.591. The minimum Gasteiger partial charge on any atom is -0.460 e. The van der Waals surface area contributed by atoms with Crippen molar-refractivity contribution in [3.63, 3.8) is 0 Å². The van der Waals surface area contributed by atoms with Crippen LogP contribution in [0, 0.1) is 17.3 Å². The van der Waals surface area contributed by atoms with Gasteiger partial charge in [0, 0.05) is 12.2 Å². The van der Waals surface area contributed by atoms with E-state index < -0.39 is 11.9 Å². The summed E-state index contributed by atoms with van der Waals surface area (Å²) in [7, 11) is 0. The predicted octanol–water partition coefficient (Wildman–Crippen LogP) is 4.69. The first-order valence-corrected chi connectivity index (χ1v) is 16.0. The predicted molar refractivity (Wildman–Crippen MR) is 163 cm³/mol. The monoisotopic (exact) mass is 612 g/mol. The number of hydrogen-bond donors (Lipinski definition) is 0. The molecule has 0 aromatic carbocycles. The highest BCUT2D eigenvalue weighted by molar-refractivity contribution is 5.81. The van der Waals surface area contributed by atoms with E-state index in [2.05, 4.69) is 27.0 Å². The minimum absolute atomic E-state index is 0.221. The van der Waals surface area contributed by atoms with Gasteiger partial charge in [-0.05, 0) is 68.6 Å². The number of ether oxygens (including phenoxy) is 8. The number of esters is 2. The third-order valence-electron chi connectivity index (χ3n) is 8.64. The minimum atomic E-state index is -0.439. The van der Waals surface area contributed by atoms with Crippen molar-refractivity contribution in [2.75, 3.05) is 79.3 Å². The fourth-order valence-electron chi connectivity index (χ4n) is 5.99. The number of hydrogen-bond acceptors (Lipinski definition) is 10. The SMILES string of the molecule is C=CC(=O)OCCOCCOCCOC1CCC(C(C)(C)C2CCC(OCCOCCOCCOC(=O)C=C)CC2)CC1. The fraction of sp³-hybridized carbons (Fsp3) is 0.818. The molecule has 0 aromatic rings. The van der Waals surface area contributed by atoms with Crippen LogP contribution in [0.25, 0.3) is 0 Å². The van der Waals surface area contributed by atoms with Crippen LogP contribution in [0.2, 0.25) is 0 Å². The first-order valence-electron chi connectivity index (χ1n) is 16.0. The van der Waals surface area contributed by atoms with Crippen LogP contribution in [0.5, 0.6) is 0 Å². The Kier molecular flexibility index (Phi) is 19.7. The van der Waals surface area contributed by atoms with Gasteiger partial charge in [0.05, 0.1) is 78.3 Å². The molecular formula is C33H56O10. The van der Waals surface area contributed by atoms with Gasteiger partial charge in [-0.25, -0.2) is 9.59 Å². The van der Waals surface area contributed by atoms with Crippen molar-refractivity contribution in [2.24, 2.45) is 17.3 Å². The standard InChI is InChI=1S/C33H56O10/c1-5-31(34)42-25-21-38-17-15-36-19-23-40-29-11-7-27(8-12-29)33(3,4)28-9-13-30(14-10-28)41-24-20-37-16-18-39-22-26-43-32(35)6-2/h5-6,27-30H,1-2,7-26H2,3-4H3. The zero-order valence-corrected chi connectivity index (χ0v) is 26.6. The third-order valence-corrected chi connectivity index (χ3v) is 8.64. The molecule has 0 saturated heterocycles. The maximum atomic E-state index is 10.9. The fourth-order valence-corrected chi connectivity index (χ4v) is 5.99. The van der Waals surface area contributed by atoms with E-state index in [1.54, 1.807) is 0 Å². The molecule has 0 bridgehead atoms. The van der Waals surface area contributed by atoms with Gasteiger partial charge < -0.3 is 37.9 Å².